The summed E-state index contributed by atoms with van der Waals surface area (Å²) in [5.74, 6) is -1.75. The highest BCUT2D eigenvalue weighted by atomic mass is 16.5. The molecule has 0 saturated carbocycles. The van der Waals surface area contributed by atoms with Crippen molar-refractivity contribution < 1.29 is 23.9 Å². The van der Waals surface area contributed by atoms with Gasteiger partial charge in [0.1, 0.15) is 19.3 Å². The monoisotopic (exact) mass is 384 g/mol. The molecule has 1 amide bonds. The van der Waals surface area contributed by atoms with E-state index in [9.17, 15) is 14.4 Å². The first-order chi connectivity index (χ1) is 13.6. The Hall–Kier alpha value is -3.19. The summed E-state index contributed by atoms with van der Waals surface area (Å²) in [7, 11) is 0. The van der Waals surface area contributed by atoms with E-state index in [4.69, 9.17) is 15.2 Å². The number of amides is 1. The Morgan fingerprint density at radius 3 is 1.93 bits per heavy atom. The molecule has 148 valence electrons. The fourth-order valence-corrected chi connectivity index (χ4v) is 2.38. The van der Waals surface area contributed by atoms with E-state index in [1.165, 1.54) is 0 Å². The zero-order valence-corrected chi connectivity index (χ0v) is 15.5. The highest BCUT2D eigenvalue weighted by Crippen LogP contribution is 2.07. The molecule has 0 unspecified atom stereocenters. The molecule has 7 nitrogen and oxygen atoms in total. The molecule has 0 fully saturated rings. The van der Waals surface area contributed by atoms with E-state index in [1.807, 2.05) is 60.7 Å². The van der Waals surface area contributed by atoms with Crippen LogP contribution in [0.25, 0.3) is 0 Å². The van der Waals surface area contributed by atoms with Gasteiger partial charge in [0, 0.05) is 13.0 Å². The van der Waals surface area contributed by atoms with E-state index < -0.39 is 23.9 Å². The Bertz CT molecular complexity index is 765. The fourth-order valence-electron chi connectivity index (χ4n) is 2.38. The first-order valence-electron chi connectivity index (χ1n) is 8.98. The first-order valence-corrected chi connectivity index (χ1v) is 8.98. The summed E-state index contributed by atoms with van der Waals surface area (Å²) in [6.07, 6.45) is -0.279. The summed E-state index contributed by atoms with van der Waals surface area (Å²) < 4.78 is 10.4. The molecule has 1 atom stereocenters. The average Bonchev–Trinajstić information content (AvgIpc) is 2.71. The Kier molecular flexibility index (Phi) is 8.68. The van der Waals surface area contributed by atoms with Gasteiger partial charge in [-0.1, -0.05) is 60.7 Å². The molecule has 7 heteroatoms. The van der Waals surface area contributed by atoms with Crippen molar-refractivity contribution in [2.75, 3.05) is 6.54 Å². The zero-order valence-electron chi connectivity index (χ0n) is 15.5. The average molecular weight is 384 g/mol. The third-order valence-electron chi connectivity index (χ3n) is 3.83. The van der Waals surface area contributed by atoms with Gasteiger partial charge >= 0.3 is 11.9 Å². The lowest BCUT2D eigenvalue weighted by atomic mass is 10.2. The maximum atomic E-state index is 12.4. The van der Waals surface area contributed by atoms with Crippen LogP contribution < -0.4 is 11.1 Å². The van der Waals surface area contributed by atoms with E-state index in [-0.39, 0.29) is 32.6 Å². The fraction of sp³-hybridized carbons (Fsp3) is 0.286. The minimum absolute atomic E-state index is 0.0432. The van der Waals surface area contributed by atoms with Crippen molar-refractivity contribution in [1.82, 2.24) is 5.32 Å². The highest BCUT2D eigenvalue weighted by Gasteiger charge is 2.26. The van der Waals surface area contributed by atoms with Crippen molar-refractivity contribution in [1.29, 1.82) is 0 Å². The Morgan fingerprint density at radius 2 is 1.39 bits per heavy atom. The zero-order chi connectivity index (χ0) is 20.2. The summed E-state index contributed by atoms with van der Waals surface area (Å²) in [6, 6.07) is 17.2. The number of carbonyl (C=O) groups excluding carboxylic acids is 3. The quantitative estimate of drug-likeness (QED) is 0.604. The summed E-state index contributed by atoms with van der Waals surface area (Å²) in [6.45, 7) is 0.264. The van der Waals surface area contributed by atoms with Gasteiger partial charge < -0.3 is 20.5 Å². The molecule has 0 heterocycles. The molecule has 2 aromatic carbocycles. The van der Waals surface area contributed by atoms with Gasteiger partial charge in [-0.25, -0.2) is 4.79 Å². The van der Waals surface area contributed by atoms with Gasteiger partial charge in [-0.2, -0.15) is 0 Å². The second-order valence-corrected chi connectivity index (χ2v) is 6.10. The number of rotatable bonds is 10. The summed E-state index contributed by atoms with van der Waals surface area (Å²) in [4.78, 5) is 36.4. The molecule has 0 radical (unpaired) electrons. The van der Waals surface area contributed by atoms with Crippen molar-refractivity contribution >= 4 is 17.8 Å². The van der Waals surface area contributed by atoms with Crippen LogP contribution in [0.1, 0.15) is 24.0 Å². The number of esters is 2. The lowest BCUT2D eigenvalue weighted by Gasteiger charge is -2.17. The van der Waals surface area contributed by atoms with E-state index in [0.717, 1.165) is 11.1 Å². The highest BCUT2D eigenvalue weighted by molar-refractivity contribution is 5.88. The molecule has 0 aliphatic carbocycles. The smallest absolute Gasteiger partial charge is 0.329 e. The van der Waals surface area contributed by atoms with Crippen LogP contribution in [-0.2, 0) is 37.1 Å². The van der Waals surface area contributed by atoms with E-state index in [2.05, 4.69) is 5.32 Å². The van der Waals surface area contributed by atoms with E-state index in [0.29, 0.717) is 0 Å². The van der Waals surface area contributed by atoms with Gasteiger partial charge in [0.05, 0.1) is 6.42 Å². The Labute approximate surface area is 163 Å². The van der Waals surface area contributed by atoms with Gasteiger partial charge in [-0.05, 0) is 11.1 Å². The lowest BCUT2D eigenvalue weighted by Crippen LogP contribution is -2.44. The van der Waals surface area contributed by atoms with E-state index >= 15 is 0 Å². The van der Waals surface area contributed by atoms with Crippen LogP contribution in [0, 0.1) is 0 Å². The first kappa shape index (κ1) is 21.1. The number of nitrogens with two attached hydrogens (primary N) is 1. The van der Waals surface area contributed by atoms with E-state index in [1.54, 1.807) is 0 Å². The number of hydrogen-bond donors (Lipinski definition) is 2. The molecule has 0 aromatic heterocycles. The summed E-state index contributed by atoms with van der Waals surface area (Å²) >= 11 is 0. The maximum absolute atomic E-state index is 12.4. The molecule has 0 aliphatic heterocycles. The van der Waals surface area contributed by atoms with Gasteiger partial charge in [0.15, 0.2) is 0 Å². The molecule has 2 rings (SSSR count). The summed E-state index contributed by atoms with van der Waals surface area (Å²) in [5, 5.41) is 2.49. The molecule has 3 N–H and O–H groups in total. The number of carbonyl (C=O) groups is 3. The minimum atomic E-state index is -1.13. The van der Waals surface area contributed by atoms with Crippen LogP contribution in [0.4, 0.5) is 0 Å². The predicted octanol–water partition coefficient (Wildman–Crippen LogP) is 1.70. The molecule has 0 bridgehead atoms. The van der Waals surface area contributed by atoms with Crippen molar-refractivity contribution in [3.8, 4) is 0 Å². The largest absolute Gasteiger partial charge is 0.461 e. The number of benzene rings is 2. The van der Waals surface area contributed by atoms with Crippen LogP contribution in [-0.4, -0.2) is 30.4 Å². The van der Waals surface area contributed by atoms with Gasteiger partial charge in [0.25, 0.3) is 0 Å². The number of nitrogens with one attached hydrogen (secondary N) is 1. The molecule has 0 aliphatic rings. The van der Waals surface area contributed by atoms with Gasteiger partial charge in [0.2, 0.25) is 5.91 Å². The second kappa shape index (κ2) is 11.5. The van der Waals surface area contributed by atoms with Crippen molar-refractivity contribution in [3.05, 3.63) is 71.8 Å². The van der Waals surface area contributed by atoms with Crippen LogP contribution in [0.3, 0.4) is 0 Å². The molecular formula is C21H24N2O5. The molecule has 0 saturated heterocycles. The predicted molar refractivity (Wildman–Crippen MR) is 103 cm³/mol. The van der Waals surface area contributed by atoms with Gasteiger partial charge in [-0.3, -0.25) is 9.59 Å². The molecule has 28 heavy (non-hydrogen) atoms. The Balaban J connectivity index is 1.92. The van der Waals surface area contributed by atoms with Crippen LogP contribution in [0.15, 0.2) is 60.7 Å². The van der Waals surface area contributed by atoms with Crippen molar-refractivity contribution in [2.45, 2.75) is 32.1 Å². The molecule has 0 spiro atoms. The third kappa shape index (κ3) is 7.59. The van der Waals surface area contributed by atoms with Crippen LogP contribution in [0.2, 0.25) is 0 Å². The molecule has 2 aromatic rings. The topological polar surface area (TPSA) is 108 Å². The molecular weight excluding hydrogens is 360 g/mol. The van der Waals surface area contributed by atoms with Gasteiger partial charge in [-0.15, -0.1) is 0 Å². The number of ether oxygens (including phenoxy) is 2. The lowest BCUT2D eigenvalue weighted by molar-refractivity contribution is -0.155. The third-order valence-corrected chi connectivity index (χ3v) is 3.83. The van der Waals surface area contributed by atoms with Crippen molar-refractivity contribution in [2.24, 2.45) is 5.73 Å². The maximum Gasteiger partial charge on any atom is 0.329 e. The standard InChI is InChI=1S/C21H24N2O5/c22-12-11-19(24)23-18(21(26)28-15-17-9-5-2-6-10-17)13-20(25)27-14-16-7-3-1-4-8-16/h1-10,18H,11-15,22H2,(H,23,24)/t18-/m0/s1. The number of hydrogen-bond acceptors (Lipinski definition) is 6. The SMILES string of the molecule is NCCC(=O)N[C@@H](CC(=O)OCc1ccccc1)C(=O)OCc1ccccc1. The van der Waals surface area contributed by atoms with Crippen LogP contribution in [0.5, 0.6) is 0 Å². The van der Waals surface area contributed by atoms with Crippen LogP contribution >= 0.6 is 0 Å². The minimum Gasteiger partial charge on any atom is -0.461 e. The Morgan fingerprint density at radius 1 is 0.857 bits per heavy atom. The second-order valence-electron chi connectivity index (χ2n) is 6.10. The van der Waals surface area contributed by atoms with Crippen molar-refractivity contribution in [3.63, 3.8) is 0 Å². The summed E-state index contributed by atoms with van der Waals surface area (Å²) in [5.41, 5.74) is 6.99. The normalized spacial score (nSPS) is 11.3.